The van der Waals surface area contributed by atoms with Crippen LogP contribution in [0.2, 0.25) is 0 Å². The lowest BCUT2D eigenvalue weighted by molar-refractivity contribution is 0.0918. The fourth-order valence-corrected chi connectivity index (χ4v) is 4.30. The van der Waals surface area contributed by atoms with E-state index in [1.165, 1.54) is 51.9 Å². The van der Waals surface area contributed by atoms with Gasteiger partial charge in [0.2, 0.25) is 0 Å². The van der Waals surface area contributed by atoms with Crippen molar-refractivity contribution in [3.8, 4) is 11.3 Å². The Morgan fingerprint density at radius 1 is 0.923 bits per heavy atom. The normalized spacial score (nSPS) is 21.3. The highest BCUT2D eigenvalue weighted by molar-refractivity contribution is 5.57. The van der Waals surface area contributed by atoms with Crippen molar-refractivity contribution < 1.29 is 4.42 Å². The number of likely N-dealkylation sites (tertiary alicyclic amines) is 2. The smallest absolute Gasteiger partial charge is 0.134 e. The number of nitrogens with one attached hydrogen (secondary N) is 1. The molecule has 2 saturated heterocycles. The fraction of sp³-hybridized carbons (Fsp3) is 0.545. The molecule has 1 aromatic heterocycles. The summed E-state index contributed by atoms with van der Waals surface area (Å²) in [6.45, 7) is 5.81. The van der Waals surface area contributed by atoms with E-state index in [1.54, 1.807) is 0 Å². The molecule has 0 aliphatic carbocycles. The van der Waals surface area contributed by atoms with Crippen LogP contribution in [0.25, 0.3) is 11.3 Å². The largest absolute Gasteiger partial charge is 0.460 e. The number of hydrogen-bond acceptors (Lipinski definition) is 4. The van der Waals surface area contributed by atoms with Crippen LogP contribution in [0, 0.1) is 0 Å². The highest BCUT2D eigenvalue weighted by Gasteiger charge is 2.27. The SMILES string of the molecule is CN1CCC(N2CCC(NCc3ccc(-c4ccccc4)o3)CC2)CC1. The third-order valence-electron chi connectivity index (χ3n) is 6.02. The molecule has 0 bridgehead atoms. The highest BCUT2D eigenvalue weighted by Crippen LogP contribution is 2.23. The van der Waals surface area contributed by atoms with Gasteiger partial charge >= 0.3 is 0 Å². The number of hydrogen-bond donors (Lipinski definition) is 1. The van der Waals surface area contributed by atoms with Crippen LogP contribution < -0.4 is 5.32 Å². The van der Waals surface area contributed by atoms with Gasteiger partial charge in [-0.15, -0.1) is 0 Å². The van der Waals surface area contributed by atoms with Crippen LogP contribution in [0.15, 0.2) is 46.9 Å². The number of benzene rings is 1. The number of rotatable bonds is 5. The van der Waals surface area contributed by atoms with Crippen LogP contribution in [0.1, 0.15) is 31.4 Å². The molecular formula is C22H31N3O. The van der Waals surface area contributed by atoms with E-state index in [4.69, 9.17) is 4.42 Å². The predicted molar refractivity (Wildman–Crippen MR) is 106 cm³/mol. The molecule has 2 aromatic rings. The Bertz CT molecular complexity index is 668. The van der Waals surface area contributed by atoms with Crippen molar-refractivity contribution in [2.24, 2.45) is 0 Å². The van der Waals surface area contributed by atoms with Gasteiger partial charge in [0.25, 0.3) is 0 Å². The molecule has 0 amide bonds. The Morgan fingerprint density at radius 2 is 1.65 bits per heavy atom. The fourth-order valence-electron chi connectivity index (χ4n) is 4.30. The summed E-state index contributed by atoms with van der Waals surface area (Å²) in [5.41, 5.74) is 1.14. The van der Waals surface area contributed by atoms with Crippen LogP contribution in [0.4, 0.5) is 0 Å². The van der Waals surface area contributed by atoms with Gasteiger partial charge in [0.15, 0.2) is 0 Å². The minimum atomic E-state index is 0.614. The Labute approximate surface area is 157 Å². The standard InChI is InChI=1S/C22H31N3O/c1-24-13-11-20(12-14-24)25-15-9-19(10-16-25)23-17-21-7-8-22(26-21)18-5-3-2-4-6-18/h2-8,19-20,23H,9-17H2,1H3. The molecular weight excluding hydrogens is 322 g/mol. The van der Waals surface area contributed by atoms with Crippen LogP contribution in [0.5, 0.6) is 0 Å². The second-order valence-corrected chi connectivity index (χ2v) is 7.86. The molecule has 0 spiro atoms. The van der Waals surface area contributed by atoms with Crippen molar-refractivity contribution in [3.05, 3.63) is 48.2 Å². The molecule has 2 fully saturated rings. The van der Waals surface area contributed by atoms with E-state index >= 15 is 0 Å². The van der Waals surface area contributed by atoms with Crippen molar-refractivity contribution in [1.82, 2.24) is 15.1 Å². The summed E-state index contributed by atoms with van der Waals surface area (Å²) in [5, 5.41) is 3.70. The summed E-state index contributed by atoms with van der Waals surface area (Å²) in [7, 11) is 2.24. The molecule has 0 radical (unpaired) electrons. The lowest BCUT2D eigenvalue weighted by Crippen LogP contribution is -2.49. The number of nitrogens with zero attached hydrogens (tertiary/aromatic N) is 2. The maximum Gasteiger partial charge on any atom is 0.134 e. The van der Waals surface area contributed by atoms with E-state index < -0.39 is 0 Å². The zero-order valence-electron chi connectivity index (χ0n) is 15.9. The lowest BCUT2D eigenvalue weighted by atomic mass is 9.98. The number of piperidine rings is 2. The maximum absolute atomic E-state index is 6.01. The lowest BCUT2D eigenvalue weighted by Gasteiger charge is -2.41. The van der Waals surface area contributed by atoms with E-state index in [2.05, 4.69) is 46.4 Å². The molecule has 3 heterocycles. The van der Waals surface area contributed by atoms with Gasteiger partial charge in [-0.3, -0.25) is 0 Å². The summed E-state index contributed by atoms with van der Waals surface area (Å²) in [5.74, 6) is 1.99. The maximum atomic E-state index is 6.01. The molecule has 2 aliphatic heterocycles. The van der Waals surface area contributed by atoms with E-state index in [0.717, 1.165) is 29.7 Å². The van der Waals surface area contributed by atoms with Crippen molar-refractivity contribution in [2.75, 3.05) is 33.2 Å². The van der Waals surface area contributed by atoms with Gasteiger partial charge in [-0.05, 0) is 71.0 Å². The molecule has 4 nitrogen and oxygen atoms in total. The molecule has 4 heteroatoms. The molecule has 1 aromatic carbocycles. The van der Waals surface area contributed by atoms with Crippen molar-refractivity contribution in [1.29, 1.82) is 0 Å². The highest BCUT2D eigenvalue weighted by atomic mass is 16.3. The summed E-state index contributed by atoms with van der Waals surface area (Å²) in [6.07, 6.45) is 5.17. The third-order valence-corrected chi connectivity index (χ3v) is 6.02. The molecule has 0 saturated carbocycles. The quantitative estimate of drug-likeness (QED) is 0.890. The molecule has 2 aliphatic rings. The summed E-state index contributed by atoms with van der Waals surface area (Å²) in [6, 6.07) is 15.9. The first kappa shape index (κ1) is 17.8. The van der Waals surface area contributed by atoms with E-state index in [1.807, 2.05) is 18.2 Å². The topological polar surface area (TPSA) is 31.6 Å². The second kappa shape index (κ2) is 8.38. The van der Waals surface area contributed by atoms with Gasteiger partial charge in [0, 0.05) is 17.6 Å². The first-order valence-corrected chi connectivity index (χ1v) is 10.1. The van der Waals surface area contributed by atoms with Gasteiger partial charge in [0.05, 0.1) is 6.54 Å². The molecule has 0 unspecified atom stereocenters. The number of furan rings is 1. The van der Waals surface area contributed by atoms with Crippen LogP contribution in [0.3, 0.4) is 0 Å². The van der Waals surface area contributed by atoms with Crippen molar-refractivity contribution in [2.45, 2.75) is 44.3 Å². The molecule has 140 valence electrons. The zero-order valence-corrected chi connectivity index (χ0v) is 15.9. The van der Waals surface area contributed by atoms with Gasteiger partial charge in [-0.1, -0.05) is 30.3 Å². The molecule has 1 N–H and O–H groups in total. The Balaban J connectivity index is 1.22. The molecule has 4 rings (SSSR count). The summed E-state index contributed by atoms with van der Waals surface area (Å²) in [4.78, 5) is 5.18. The van der Waals surface area contributed by atoms with Crippen molar-refractivity contribution in [3.63, 3.8) is 0 Å². The van der Waals surface area contributed by atoms with Crippen molar-refractivity contribution >= 4 is 0 Å². The Kier molecular flexibility index (Phi) is 5.73. The van der Waals surface area contributed by atoms with E-state index in [0.29, 0.717) is 6.04 Å². The summed E-state index contributed by atoms with van der Waals surface area (Å²) >= 11 is 0. The summed E-state index contributed by atoms with van der Waals surface area (Å²) < 4.78 is 6.01. The molecule has 26 heavy (non-hydrogen) atoms. The predicted octanol–water partition coefficient (Wildman–Crippen LogP) is 3.59. The van der Waals surface area contributed by atoms with Crippen LogP contribution in [-0.4, -0.2) is 55.1 Å². The van der Waals surface area contributed by atoms with Crippen LogP contribution in [-0.2, 0) is 6.54 Å². The van der Waals surface area contributed by atoms with Gasteiger partial charge in [-0.25, -0.2) is 0 Å². The van der Waals surface area contributed by atoms with Gasteiger partial charge in [0.1, 0.15) is 11.5 Å². The minimum absolute atomic E-state index is 0.614. The first-order chi connectivity index (χ1) is 12.8. The van der Waals surface area contributed by atoms with Gasteiger partial charge < -0.3 is 19.5 Å². The van der Waals surface area contributed by atoms with Gasteiger partial charge in [-0.2, -0.15) is 0 Å². The van der Waals surface area contributed by atoms with E-state index in [-0.39, 0.29) is 0 Å². The average Bonchev–Trinajstić information content (AvgIpc) is 3.17. The molecule has 0 atom stereocenters. The minimum Gasteiger partial charge on any atom is -0.460 e. The zero-order chi connectivity index (χ0) is 17.8. The third kappa shape index (κ3) is 4.37. The Morgan fingerprint density at radius 3 is 2.38 bits per heavy atom. The second-order valence-electron chi connectivity index (χ2n) is 7.86. The first-order valence-electron chi connectivity index (χ1n) is 10.1. The van der Waals surface area contributed by atoms with E-state index in [9.17, 15) is 0 Å². The Hall–Kier alpha value is -1.62. The monoisotopic (exact) mass is 353 g/mol. The average molecular weight is 354 g/mol. The van der Waals surface area contributed by atoms with Crippen LogP contribution >= 0.6 is 0 Å².